The van der Waals surface area contributed by atoms with Gasteiger partial charge in [-0.15, -0.1) is 22.8 Å². The first-order chi connectivity index (χ1) is 18.0. The van der Waals surface area contributed by atoms with Gasteiger partial charge in [-0.25, -0.2) is 18.4 Å². The number of nitrogens with zero attached hydrogens (tertiary/aromatic N) is 6. The van der Waals surface area contributed by atoms with Gasteiger partial charge in [0.05, 0.1) is 22.5 Å². The molecule has 2 aromatic rings. The third-order valence-corrected chi connectivity index (χ3v) is 5.62. The second-order valence-corrected chi connectivity index (χ2v) is 8.88. The molecule has 0 radical (unpaired) electrons. The summed E-state index contributed by atoms with van der Waals surface area (Å²) in [5.74, 6) is 0. The SMILES string of the molecule is N#CC1=C2C=CC=C([N-]2)c2cccc(n2)C(C#N)=C2C=CC=C([N-]2)c2cccc1n2.O.O.O=S(=O)([O-])C(F)(F)F.[Mn+3]. The molecule has 8 bridgehead atoms. The Morgan fingerprint density at radius 3 is 1.41 bits per heavy atom. The fraction of sp³-hybridized carbons (Fsp3) is 0.0400. The third-order valence-electron chi connectivity index (χ3n) is 5.05. The van der Waals surface area contributed by atoms with Crippen molar-refractivity contribution in [1.29, 1.82) is 10.5 Å². The van der Waals surface area contributed by atoms with Crippen molar-refractivity contribution < 1.29 is 54.2 Å². The van der Waals surface area contributed by atoms with E-state index in [1.807, 2.05) is 48.6 Å². The first-order valence-electron chi connectivity index (χ1n) is 10.5. The average Bonchev–Trinajstić information content (AvgIpc) is 2.89. The van der Waals surface area contributed by atoms with Gasteiger partial charge in [0.1, 0.15) is 12.1 Å². The zero-order valence-electron chi connectivity index (χ0n) is 20.3. The standard InChI is InChI=1S/C24H12N6.CHF3O3S.Mn.2H2O/c25-13-15-17-5-1-9-21(27-17)22-10-2-7-19(28-22)16(14-26)20-8-4-12-24(30-20)23-11-3-6-18(15)29-23;2-1(3,4)8(5,6)7;;;/h1-12H;(H,5,6,7);;2*1H2/q-2;;+3;;/p-1. The van der Waals surface area contributed by atoms with Crippen LogP contribution in [0.5, 0.6) is 0 Å². The van der Waals surface area contributed by atoms with Gasteiger partial charge in [-0.1, -0.05) is 48.6 Å². The summed E-state index contributed by atoms with van der Waals surface area (Å²) in [6, 6.07) is 15.3. The van der Waals surface area contributed by atoms with E-state index in [4.69, 9.17) is 13.0 Å². The molecular weight excluding hydrogens is 608 g/mol. The van der Waals surface area contributed by atoms with Gasteiger partial charge in [0.2, 0.25) is 0 Å². The molecular formula is C25H16F3MnN6O5S. The number of allylic oxidation sites excluding steroid dienone is 8. The fourth-order valence-corrected chi connectivity index (χ4v) is 3.36. The van der Waals surface area contributed by atoms with Crippen LogP contribution in [0.2, 0.25) is 0 Å². The van der Waals surface area contributed by atoms with Crippen molar-refractivity contribution in [2.45, 2.75) is 5.51 Å². The summed E-state index contributed by atoms with van der Waals surface area (Å²) in [7, 11) is -6.09. The summed E-state index contributed by atoms with van der Waals surface area (Å²) in [5.41, 5.74) is -0.449. The average molecular weight is 624 g/mol. The second kappa shape index (κ2) is 13.7. The minimum atomic E-state index is -6.09. The zero-order valence-corrected chi connectivity index (χ0v) is 22.3. The molecule has 0 aliphatic carbocycles. The predicted octanol–water partition coefficient (Wildman–Crippen LogP) is 3.63. The number of alkyl halides is 3. The molecule has 16 heteroatoms. The molecule has 5 heterocycles. The van der Waals surface area contributed by atoms with Gasteiger partial charge in [0, 0.05) is 11.4 Å². The predicted molar refractivity (Wildman–Crippen MR) is 137 cm³/mol. The summed E-state index contributed by atoms with van der Waals surface area (Å²) in [4.78, 5) is 9.30. The van der Waals surface area contributed by atoms with E-state index >= 15 is 0 Å². The Hall–Kier alpha value is -4.54. The number of halogens is 3. The molecule has 11 nitrogen and oxygen atoms in total. The minimum absolute atomic E-state index is 0. The molecule has 0 unspecified atom stereocenters. The van der Waals surface area contributed by atoms with E-state index in [1.165, 1.54) is 0 Å². The molecule has 0 amide bonds. The van der Waals surface area contributed by atoms with E-state index in [-0.39, 0.29) is 28.0 Å². The van der Waals surface area contributed by atoms with Gasteiger partial charge >= 0.3 is 22.6 Å². The van der Waals surface area contributed by atoms with Crippen LogP contribution in [0.25, 0.3) is 33.2 Å². The van der Waals surface area contributed by atoms with E-state index in [0.717, 1.165) is 0 Å². The summed E-state index contributed by atoms with van der Waals surface area (Å²) >= 11 is 0. The molecule has 0 saturated carbocycles. The smallest absolute Gasteiger partial charge is 0.741 e. The van der Waals surface area contributed by atoms with Crippen LogP contribution in [0.15, 0.2) is 84.2 Å². The maximum absolute atomic E-state index is 10.7. The molecule has 3 aliphatic heterocycles. The van der Waals surface area contributed by atoms with Crippen LogP contribution in [0.4, 0.5) is 13.2 Å². The molecule has 5 rings (SSSR count). The molecule has 0 saturated heterocycles. The number of rotatable bonds is 0. The molecule has 0 atom stereocenters. The molecule has 4 N–H and O–H groups in total. The largest absolute Gasteiger partial charge is 3.00 e. The Balaban J connectivity index is 0.000000677. The van der Waals surface area contributed by atoms with Crippen LogP contribution in [-0.2, 0) is 27.2 Å². The van der Waals surface area contributed by atoms with Gasteiger partial charge in [0.15, 0.2) is 10.1 Å². The van der Waals surface area contributed by atoms with Gasteiger partial charge in [-0.2, -0.15) is 23.7 Å². The maximum atomic E-state index is 10.7. The number of pyridine rings is 2. The molecule has 0 aromatic carbocycles. The normalized spacial score (nSPS) is 14.7. The minimum Gasteiger partial charge on any atom is -0.741 e. The van der Waals surface area contributed by atoms with Gasteiger partial charge < -0.3 is 26.1 Å². The fourth-order valence-electron chi connectivity index (χ4n) is 3.36. The molecule has 41 heavy (non-hydrogen) atoms. The molecule has 0 spiro atoms. The Morgan fingerprint density at radius 2 is 1.10 bits per heavy atom. The van der Waals surface area contributed by atoms with Crippen LogP contribution in [-0.4, -0.2) is 39.4 Å². The number of fused-ring (bicyclic) bond motifs is 10. The maximum Gasteiger partial charge on any atom is 3.00 e. The van der Waals surface area contributed by atoms with Gasteiger partial charge in [-0.05, 0) is 24.3 Å². The Labute approximate surface area is 242 Å². The van der Waals surface area contributed by atoms with Crippen molar-refractivity contribution in [2.75, 3.05) is 0 Å². The van der Waals surface area contributed by atoms with Crippen LogP contribution < -0.4 is 0 Å². The van der Waals surface area contributed by atoms with Crippen LogP contribution in [0.1, 0.15) is 22.8 Å². The van der Waals surface area contributed by atoms with Crippen LogP contribution >= 0.6 is 0 Å². The Bertz CT molecular complexity index is 1610. The van der Waals surface area contributed by atoms with E-state index in [2.05, 4.69) is 32.7 Å². The van der Waals surface area contributed by atoms with Crippen molar-refractivity contribution in [3.63, 3.8) is 0 Å². The molecule has 2 aromatic heterocycles. The second-order valence-electron chi connectivity index (χ2n) is 7.51. The van der Waals surface area contributed by atoms with Crippen molar-refractivity contribution in [1.82, 2.24) is 9.97 Å². The molecule has 0 fully saturated rings. The van der Waals surface area contributed by atoms with Crippen LogP contribution in [0.3, 0.4) is 0 Å². The monoisotopic (exact) mass is 624 g/mol. The third kappa shape index (κ3) is 7.56. The van der Waals surface area contributed by atoms with Crippen molar-refractivity contribution in [3.8, 4) is 12.1 Å². The quantitative estimate of drug-likeness (QED) is 0.240. The van der Waals surface area contributed by atoms with E-state index in [1.54, 1.807) is 24.3 Å². The zero-order chi connectivity index (χ0) is 27.5. The van der Waals surface area contributed by atoms with Gasteiger partial charge in [0.25, 0.3) is 0 Å². The van der Waals surface area contributed by atoms with E-state index in [0.29, 0.717) is 56.7 Å². The van der Waals surface area contributed by atoms with Crippen LogP contribution in [0, 0.1) is 22.7 Å². The summed E-state index contributed by atoms with van der Waals surface area (Å²) < 4.78 is 58.9. The number of hydrogen-bond donors (Lipinski definition) is 0. The summed E-state index contributed by atoms with van der Waals surface area (Å²) in [5, 5.41) is 29.0. The Kier molecular flexibility index (Phi) is 11.5. The van der Waals surface area contributed by atoms with E-state index < -0.39 is 15.6 Å². The van der Waals surface area contributed by atoms with Crippen molar-refractivity contribution in [3.05, 3.63) is 118 Å². The first kappa shape index (κ1) is 34.5. The van der Waals surface area contributed by atoms with Crippen molar-refractivity contribution in [2.24, 2.45) is 0 Å². The Morgan fingerprint density at radius 1 is 0.756 bits per heavy atom. The summed E-state index contributed by atoms with van der Waals surface area (Å²) in [6.45, 7) is 0. The number of aromatic nitrogens is 2. The number of hydrogen-bond acceptors (Lipinski definition) is 7. The van der Waals surface area contributed by atoms with Crippen molar-refractivity contribution >= 4 is 32.7 Å². The molecule has 3 aliphatic rings. The number of nitriles is 2. The summed E-state index contributed by atoms with van der Waals surface area (Å²) in [6.07, 6.45) is 10.9. The topological polar surface area (TPSA) is 222 Å². The first-order valence-corrected chi connectivity index (χ1v) is 11.9. The van der Waals surface area contributed by atoms with Gasteiger partial charge in [-0.3, -0.25) is 0 Å². The molecule has 210 valence electrons. The van der Waals surface area contributed by atoms with E-state index in [9.17, 15) is 23.7 Å².